The van der Waals surface area contributed by atoms with E-state index >= 15 is 0 Å². The summed E-state index contributed by atoms with van der Waals surface area (Å²) in [5.74, 6) is 0.229. The van der Waals surface area contributed by atoms with Gasteiger partial charge in [-0.05, 0) is 31.0 Å². The van der Waals surface area contributed by atoms with E-state index < -0.39 is 0 Å². The van der Waals surface area contributed by atoms with Crippen LogP contribution in [0.2, 0.25) is 0 Å². The van der Waals surface area contributed by atoms with Gasteiger partial charge in [-0.25, -0.2) is 0 Å². The minimum atomic E-state index is 0.229. The van der Waals surface area contributed by atoms with Crippen molar-refractivity contribution in [3.05, 3.63) is 52.8 Å². The first-order chi connectivity index (χ1) is 8.56. The van der Waals surface area contributed by atoms with Crippen LogP contribution in [0, 0.1) is 13.8 Å². The molecule has 3 nitrogen and oxygen atoms in total. The van der Waals surface area contributed by atoms with Crippen LogP contribution in [0.1, 0.15) is 22.5 Å². The SMILES string of the molecule is Cc1cc(CC(=O)Cc2ccccc2C)n(C)n1. The van der Waals surface area contributed by atoms with E-state index in [1.807, 2.05) is 51.2 Å². The molecule has 2 rings (SSSR count). The van der Waals surface area contributed by atoms with Gasteiger partial charge in [-0.1, -0.05) is 24.3 Å². The lowest BCUT2D eigenvalue weighted by Gasteiger charge is -2.05. The van der Waals surface area contributed by atoms with E-state index in [0.29, 0.717) is 12.8 Å². The number of nitrogens with zero attached hydrogens (tertiary/aromatic N) is 2. The molecule has 0 radical (unpaired) electrons. The van der Waals surface area contributed by atoms with Crippen LogP contribution in [-0.2, 0) is 24.7 Å². The Hall–Kier alpha value is -1.90. The molecule has 0 atom stereocenters. The molecule has 18 heavy (non-hydrogen) atoms. The van der Waals surface area contributed by atoms with Gasteiger partial charge >= 0.3 is 0 Å². The standard InChI is InChI=1S/C15H18N2O/c1-11-6-4-5-7-13(11)9-15(18)10-14-8-12(2)16-17(14)3/h4-8H,9-10H2,1-3H3. The Kier molecular flexibility index (Phi) is 3.60. The molecule has 1 aromatic heterocycles. The average Bonchev–Trinajstić information content (AvgIpc) is 2.61. The Morgan fingerprint density at radius 1 is 1.22 bits per heavy atom. The molecule has 0 spiro atoms. The van der Waals surface area contributed by atoms with Crippen molar-refractivity contribution in [1.29, 1.82) is 0 Å². The van der Waals surface area contributed by atoms with E-state index in [2.05, 4.69) is 5.10 Å². The first-order valence-electron chi connectivity index (χ1n) is 6.12. The fourth-order valence-corrected chi connectivity index (χ4v) is 2.12. The predicted molar refractivity (Wildman–Crippen MR) is 71.5 cm³/mol. The Labute approximate surface area is 107 Å². The maximum atomic E-state index is 12.1. The average molecular weight is 242 g/mol. The highest BCUT2D eigenvalue weighted by molar-refractivity contribution is 5.83. The second kappa shape index (κ2) is 5.17. The number of carbonyl (C=O) groups excluding carboxylic acids is 1. The third-order valence-electron chi connectivity index (χ3n) is 3.13. The number of carbonyl (C=O) groups is 1. The first kappa shape index (κ1) is 12.6. The highest BCUT2D eigenvalue weighted by Gasteiger charge is 2.10. The van der Waals surface area contributed by atoms with E-state index in [-0.39, 0.29) is 5.78 Å². The molecular weight excluding hydrogens is 224 g/mol. The quantitative estimate of drug-likeness (QED) is 0.825. The minimum Gasteiger partial charge on any atom is -0.299 e. The molecule has 0 fully saturated rings. The molecule has 0 amide bonds. The van der Waals surface area contributed by atoms with E-state index in [9.17, 15) is 4.79 Å². The van der Waals surface area contributed by atoms with Gasteiger partial charge < -0.3 is 0 Å². The lowest BCUT2D eigenvalue weighted by Crippen LogP contribution is -2.10. The van der Waals surface area contributed by atoms with Crippen molar-refractivity contribution in [3.63, 3.8) is 0 Å². The van der Waals surface area contributed by atoms with Crippen LogP contribution >= 0.6 is 0 Å². The van der Waals surface area contributed by atoms with E-state index in [1.54, 1.807) is 4.68 Å². The molecule has 0 saturated carbocycles. The van der Waals surface area contributed by atoms with Gasteiger partial charge in [-0.2, -0.15) is 5.10 Å². The van der Waals surface area contributed by atoms with Crippen LogP contribution in [0.5, 0.6) is 0 Å². The molecule has 1 heterocycles. The number of benzene rings is 1. The zero-order chi connectivity index (χ0) is 13.1. The number of hydrogen-bond donors (Lipinski definition) is 0. The van der Waals surface area contributed by atoms with Crippen molar-refractivity contribution in [1.82, 2.24) is 9.78 Å². The second-order valence-electron chi connectivity index (χ2n) is 4.72. The van der Waals surface area contributed by atoms with Crippen molar-refractivity contribution in [2.45, 2.75) is 26.7 Å². The zero-order valence-corrected chi connectivity index (χ0v) is 11.1. The third kappa shape index (κ3) is 2.86. The fourth-order valence-electron chi connectivity index (χ4n) is 2.12. The van der Waals surface area contributed by atoms with Gasteiger partial charge in [0.2, 0.25) is 0 Å². The van der Waals surface area contributed by atoms with Gasteiger partial charge in [0.05, 0.1) is 5.69 Å². The van der Waals surface area contributed by atoms with Crippen LogP contribution < -0.4 is 0 Å². The maximum Gasteiger partial charge on any atom is 0.143 e. The highest BCUT2D eigenvalue weighted by atomic mass is 16.1. The molecular formula is C15H18N2O. The lowest BCUT2D eigenvalue weighted by molar-refractivity contribution is -0.117. The molecule has 94 valence electrons. The molecule has 3 heteroatoms. The highest BCUT2D eigenvalue weighted by Crippen LogP contribution is 2.10. The van der Waals surface area contributed by atoms with Crippen LogP contribution in [0.15, 0.2) is 30.3 Å². The monoisotopic (exact) mass is 242 g/mol. The van der Waals surface area contributed by atoms with Gasteiger partial charge in [0.1, 0.15) is 5.78 Å². The van der Waals surface area contributed by atoms with Crippen LogP contribution in [0.4, 0.5) is 0 Å². The number of aromatic nitrogens is 2. The van der Waals surface area contributed by atoms with Gasteiger partial charge in [-0.3, -0.25) is 9.48 Å². The molecule has 0 aliphatic heterocycles. The van der Waals surface area contributed by atoms with Gasteiger partial charge in [0.25, 0.3) is 0 Å². The molecule has 0 bridgehead atoms. The van der Waals surface area contributed by atoms with Gasteiger partial charge in [0.15, 0.2) is 0 Å². The number of rotatable bonds is 4. The summed E-state index contributed by atoms with van der Waals surface area (Å²) in [5, 5.41) is 4.25. The fraction of sp³-hybridized carbons (Fsp3) is 0.333. The van der Waals surface area contributed by atoms with Crippen LogP contribution in [-0.4, -0.2) is 15.6 Å². The normalized spacial score (nSPS) is 10.6. The van der Waals surface area contributed by atoms with Crippen molar-refractivity contribution >= 4 is 5.78 Å². The Morgan fingerprint density at radius 2 is 1.94 bits per heavy atom. The summed E-state index contributed by atoms with van der Waals surface area (Å²) in [6.45, 7) is 3.98. The summed E-state index contributed by atoms with van der Waals surface area (Å²) in [6.07, 6.45) is 0.947. The van der Waals surface area contributed by atoms with E-state index in [1.165, 1.54) is 5.56 Å². The summed E-state index contributed by atoms with van der Waals surface area (Å²) in [6, 6.07) is 9.99. The number of ketones is 1. The smallest absolute Gasteiger partial charge is 0.143 e. The molecule has 0 unspecified atom stereocenters. The first-order valence-corrected chi connectivity index (χ1v) is 6.12. The topological polar surface area (TPSA) is 34.9 Å². The molecule has 0 saturated heterocycles. The van der Waals surface area contributed by atoms with Gasteiger partial charge in [-0.15, -0.1) is 0 Å². The van der Waals surface area contributed by atoms with Crippen LogP contribution in [0.3, 0.4) is 0 Å². The number of Topliss-reactive ketones (excluding diaryl/α,β-unsaturated/α-hetero) is 1. The van der Waals surface area contributed by atoms with Crippen molar-refractivity contribution in [2.75, 3.05) is 0 Å². The molecule has 2 aromatic rings. The van der Waals surface area contributed by atoms with Crippen molar-refractivity contribution < 1.29 is 4.79 Å². The molecule has 0 aliphatic carbocycles. The molecule has 0 aliphatic rings. The van der Waals surface area contributed by atoms with Crippen molar-refractivity contribution in [2.24, 2.45) is 7.05 Å². The predicted octanol–water partition coefficient (Wildman–Crippen LogP) is 2.39. The Balaban J connectivity index is 2.06. The summed E-state index contributed by atoms with van der Waals surface area (Å²) in [7, 11) is 1.88. The zero-order valence-electron chi connectivity index (χ0n) is 11.1. The number of aryl methyl sites for hydroxylation is 3. The molecule has 1 aromatic carbocycles. The summed E-state index contributed by atoms with van der Waals surface area (Å²) < 4.78 is 1.78. The largest absolute Gasteiger partial charge is 0.299 e. The Morgan fingerprint density at radius 3 is 2.56 bits per heavy atom. The van der Waals surface area contributed by atoms with Gasteiger partial charge in [0, 0.05) is 25.6 Å². The maximum absolute atomic E-state index is 12.1. The Bertz CT molecular complexity index is 570. The summed E-state index contributed by atoms with van der Waals surface area (Å²) in [5.41, 5.74) is 4.22. The van der Waals surface area contributed by atoms with E-state index in [4.69, 9.17) is 0 Å². The lowest BCUT2D eigenvalue weighted by atomic mass is 10.0. The number of hydrogen-bond acceptors (Lipinski definition) is 2. The van der Waals surface area contributed by atoms with Crippen molar-refractivity contribution in [3.8, 4) is 0 Å². The van der Waals surface area contributed by atoms with Crippen LogP contribution in [0.25, 0.3) is 0 Å². The molecule has 0 N–H and O–H groups in total. The third-order valence-corrected chi connectivity index (χ3v) is 3.13. The minimum absolute atomic E-state index is 0.229. The second-order valence-corrected chi connectivity index (χ2v) is 4.72. The summed E-state index contributed by atoms with van der Waals surface area (Å²) >= 11 is 0. The van der Waals surface area contributed by atoms with E-state index in [0.717, 1.165) is 17.0 Å². The summed E-state index contributed by atoms with van der Waals surface area (Å²) in [4.78, 5) is 12.1.